The minimum atomic E-state index is -0.447. The molecule has 3 amide bonds. The number of rotatable bonds is 7. The first-order valence-electron chi connectivity index (χ1n) is 6.48. The normalized spacial score (nSPS) is 14.1. The van der Waals surface area contributed by atoms with Crippen molar-refractivity contribution in [3.63, 3.8) is 0 Å². The van der Waals surface area contributed by atoms with E-state index in [1.165, 1.54) is 0 Å². The molecule has 106 valence electrons. The molecule has 6 nitrogen and oxygen atoms in total. The maximum Gasteiger partial charge on any atom is 0.321 e. The van der Waals surface area contributed by atoms with Gasteiger partial charge >= 0.3 is 6.03 Å². The Morgan fingerprint density at radius 2 is 1.89 bits per heavy atom. The number of hydrogen-bond donors (Lipinski definition) is 3. The van der Waals surface area contributed by atoms with Crippen LogP contribution in [0.5, 0.6) is 0 Å². The molecule has 0 aromatic rings. The van der Waals surface area contributed by atoms with E-state index < -0.39 is 6.03 Å². The first kappa shape index (κ1) is 16.9. The van der Waals surface area contributed by atoms with Crippen LogP contribution in [-0.4, -0.2) is 49.1 Å². The van der Waals surface area contributed by atoms with Gasteiger partial charge in [-0.25, -0.2) is 4.79 Å². The highest BCUT2D eigenvalue weighted by Crippen LogP contribution is 2.04. The quantitative estimate of drug-likeness (QED) is 0.606. The van der Waals surface area contributed by atoms with Crippen LogP contribution < -0.4 is 16.4 Å². The molecular formula is C12H26N4O2. The number of carbonyl (C=O) groups is 2. The molecule has 0 aromatic carbocycles. The van der Waals surface area contributed by atoms with Gasteiger partial charge in [0.25, 0.3) is 0 Å². The zero-order valence-corrected chi connectivity index (χ0v) is 11.8. The van der Waals surface area contributed by atoms with Crippen LogP contribution in [0.25, 0.3) is 0 Å². The monoisotopic (exact) mass is 258 g/mol. The first-order chi connectivity index (χ1) is 8.46. The molecule has 0 aliphatic rings. The van der Waals surface area contributed by atoms with Gasteiger partial charge in [0.1, 0.15) is 0 Å². The van der Waals surface area contributed by atoms with Crippen LogP contribution in [0.2, 0.25) is 0 Å². The number of urea groups is 1. The summed E-state index contributed by atoms with van der Waals surface area (Å²) in [7, 11) is 0. The highest BCUT2D eigenvalue weighted by Gasteiger charge is 2.22. The molecule has 2 unspecified atom stereocenters. The SMILES string of the molecule is CCNC(=O)NC(=O)C(C)N(CC)CC(C)CN. The van der Waals surface area contributed by atoms with E-state index in [1.807, 2.05) is 18.7 Å². The second-order valence-corrected chi connectivity index (χ2v) is 4.45. The smallest absolute Gasteiger partial charge is 0.321 e. The van der Waals surface area contributed by atoms with Gasteiger partial charge in [-0.3, -0.25) is 15.0 Å². The average molecular weight is 258 g/mol. The second kappa shape index (κ2) is 8.88. The number of hydrogen-bond acceptors (Lipinski definition) is 4. The fraction of sp³-hybridized carbons (Fsp3) is 0.833. The third-order valence-corrected chi connectivity index (χ3v) is 2.86. The lowest BCUT2D eigenvalue weighted by molar-refractivity contribution is -0.124. The number of amides is 3. The van der Waals surface area contributed by atoms with Gasteiger partial charge in [-0.05, 0) is 32.9 Å². The molecule has 6 heteroatoms. The third-order valence-electron chi connectivity index (χ3n) is 2.86. The van der Waals surface area contributed by atoms with Crippen LogP contribution in [0, 0.1) is 5.92 Å². The van der Waals surface area contributed by atoms with E-state index in [1.54, 1.807) is 13.8 Å². The molecule has 0 rings (SSSR count). The minimum Gasteiger partial charge on any atom is -0.338 e. The number of nitrogens with one attached hydrogen (secondary N) is 2. The lowest BCUT2D eigenvalue weighted by Crippen LogP contribution is -2.50. The third kappa shape index (κ3) is 5.97. The summed E-state index contributed by atoms with van der Waals surface area (Å²) in [5.41, 5.74) is 5.58. The Morgan fingerprint density at radius 1 is 1.28 bits per heavy atom. The molecule has 0 fully saturated rings. The predicted molar refractivity (Wildman–Crippen MR) is 72.1 cm³/mol. The zero-order valence-electron chi connectivity index (χ0n) is 11.8. The number of nitrogens with two attached hydrogens (primary N) is 1. The van der Waals surface area contributed by atoms with Crippen molar-refractivity contribution in [2.75, 3.05) is 26.2 Å². The molecule has 0 saturated heterocycles. The van der Waals surface area contributed by atoms with Gasteiger partial charge in [-0.1, -0.05) is 13.8 Å². The van der Waals surface area contributed by atoms with Crippen LogP contribution >= 0.6 is 0 Å². The largest absolute Gasteiger partial charge is 0.338 e. The summed E-state index contributed by atoms with van der Waals surface area (Å²) in [5, 5.41) is 4.86. The molecule has 4 N–H and O–H groups in total. The van der Waals surface area contributed by atoms with E-state index in [4.69, 9.17) is 5.73 Å². The molecule has 0 heterocycles. The van der Waals surface area contributed by atoms with Crippen molar-refractivity contribution in [2.24, 2.45) is 11.7 Å². The standard InChI is InChI=1S/C12H26N4O2/c1-5-14-12(18)15-11(17)10(4)16(6-2)8-9(3)7-13/h9-10H,5-8,13H2,1-4H3,(H2,14,15,17,18). The Kier molecular flexibility index (Phi) is 8.32. The van der Waals surface area contributed by atoms with Gasteiger partial charge in [-0.15, -0.1) is 0 Å². The van der Waals surface area contributed by atoms with Gasteiger partial charge in [0.05, 0.1) is 6.04 Å². The second-order valence-electron chi connectivity index (χ2n) is 4.45. The van der Waals surface area contributed by atoms with Crippen molar-refractivity contribution < 1.29 is 9.59 Å². The molecule has 0 bridgehead atoms. The maximum absolute atomic E-state index is 11.9. The summed E-state index contributed by atoms with van der Waals surface area (Å²) in [4.78, 5) is 25.1. The molecule has 2 atom stereocenters. The molecule has 0 saturated carbocycles. The van der Waals surface area contributed by atoms with Crippen molar-refractivity contribution in [3.8, 4) is 0 Å². The Labute approximate surface area is 109 Å². The summed E-state index contributed by atoms with van der Waals surface area (Å²) in [6.45, 7) is 10.2. The van der Waals surface area contributed by atoms with E-state index in [-0.39, 0.29) is 11.9 Å². The highest BCUT2D eigenvalue weighted by atomic mass is 16.2. The van der Waals surface area contributed by atoms with Crippen LogP contribution in [0.1, 0.15) is 27.7 Å². The summed E-state index contributed by atoms with van der Waals surface area (Å²) < 4.78 is 0. The lowest BCUT2D eigenvalue weighted by Gasteiger charge is -2.28. The molecule has 0 radical (unpaired) electrons. The number of nitrogens with zero attached hydrogens (tertiary/aromatic N) is 1. The molecular weight excluding hydrogens is 232 g/mol. The van der Waals surface area contributed by atoms with Crippen LogP contribution in [-0.2, 0) is 4.79 Å². The summed E-state index contributed by atoms with van der Waals surface area (Å²) in [6.07, 6.45) is 0. The van der Waals surface area contributed by atoms with Gasteiger partial charge in [0, 0.05) is 13.1 Å². The van der Waals surface area contributed by atoms with E-state index in [0.29, 0.717) is 19.0 Å². The van der Waals surface area contributed by atoms with Crippen molar-refractivity contribution in [1.29, 1.82) is 0 Å². The van der Waals surface area contributed by atoms with E-state index in [2.05, 4.69) is 10.6 Å². The van der Waals surface area contributed by atoms with Gasteiger partial charge in [0.15, 0.2) is 0 Å². The lowest BCUT2D eigenvalue weighted by atomic mass is 10.1. The molecule has 0 aliphatic heterocycles. The highest BCUT2D eigenvalue weighted by molar-refractivity contribution is 5.96. The molecule has 0 aromatic heterocycles. The average Bonchev–Trinajstić information content (AvgIpc) is 2.34. The van der Waals surface area contributed by atoms with Gasteiger partial charge in [0.2, 0.25) is 5.91 Å². The van der Waals surface area contributed by atoms with Crippen molar-refractivity contribution in [3.05, 3.63) is 0 Å². The molecule has 0 spiro atoms. The molecule has 0 aliphatic carbocycles. The Hall–Kier alpha value is -1.14. The van der Waals surface area contributed by atoms with Crippen LogP contribution in [0.3, 0.4) is 0 Å². The Bertz CT molecular complexity index is 271. The summed E-state index contributed by atoms with van der Waals surface area (Å²) in [6, 6.07) is -0.788. The fourth-order valence-corrected chi connectivity index (χ4v) is 1.62. The number of carbonyl (C=O) groups excluding carboxylic acids is 2. The van der Waals surface area contributed by atoms with Crippen molar-refractivity contribution in [2.45, 2.75) is 33.7 Å². The topological polar surface area (TPSA) is 87.5 Å². The van der Waals surface area contributed by atoms with E-state index in [9.17, 15) is 9.59 Å². The van der Waals surface area contributed by atoms with E-state index in [0.717, 1.165) is 13.1 Å². The van der Waals surface area contributed by atoms with Crippen LogP contribution in [0.4, 0.5) is 4.79 Å². The number of likely N-dealkylation sites (N-methyl/N-ethyl adjacent to an activating group) is 1. The van der Waals surface area contributed by atoms with Gasteiger partial charge in [-0.2, -0.15) is 0 Å². The van der Waals surface area contributed by atoms with Gasteiger partial charge < -0.3 is 11.1 Å². The first-order valence-corrected chi connectivity index (χ1v) is 6.48. The fourth-order valence-electron chi connectivity index (χ4n) is 1.62. The maximum atomic E-state index is 11.9. The predicted octanol–water partition coefficient (Wildman–Crippen LogP) is 0.137. The zero-order chi connectivity index (χ0) is 14.1. The Balaban J connectivity index is 4.35. The number of imide groups is 1. The van der Waals surface area contributed by atoms with E-state index >= 15 is 0 Å². The van der Waals surface area contributed by atoms with Crippen LogP contribution in [0.15, 0.2) is 0 Å². The van der Waals surface area contributed by atoms with Crippen molar-refractivity contribution >= 4 is 11.9 Å². The van der Waals surface area contributed by atoms with Crippen molar-refractivity contribution in [1.82, 2.24) is 15.5 Å². The minimum absolute atomic E-state index is 0.285. The summed E-state index contributed by atoms with van der Waals surface area (Å²) >= 11 is 0. The molecule has 18 heavy (non-hydrogen) atoms. The Morgan fingerprint density at radius 3 is 2.33 bits per heavy atom. The summed E-state index contributed by atoms with van der Waals surface area (Å²) in [5.74, 6) is 0.0386.